The predicted molar refractivity (Wildman–Crippen MR) is 101 cm³/mol. The van der Waals surface area contributed by atoms with Gasteiger partial charge in [-0.1, -0.05) is 0 Å². The molecule has 7 nitrogen and oxygen atoms in total. The number of hydrogen-bond donors (Lipinski definition) is 2. The van der Waals surface area contributed by atoms with E-state index in [2.05, 4.69) is 26.6 Å². The number of nitrogens with zero attached hydrogens (tertiary/aromatic N) is 2. The molecule has 0 radical (unpaired) electrons. The Morgan fingerprint density at radius 2 is 2.08 bits per heavy atom. The molecule has 2 N–H and O–H groups in total. The first-order valence-electron chi connectivity index (χ1n) is 9.61. The first kappa shape index (κ1) is 19.2. The molecule has 0 bridgehead atoms. The zero-order chi connectivity index (χ0) is 18.2. The second-order valence-corrected chi connectivity index (χ2v) is 7.08. The first-order chi connectivity index (χ1) is 12.8. The van der Waals surface area contributed by atoms with Gasteiger partial charge in [-0.2, -0.15) is 0 Å². The lowest BCUT2D eigenvalue weighted by atomic mass is 9.94. The second-order valence-electron chi connectivity index (χ2n) is 7.08. The minimum absolute atomic E-state index is 0.175. The van der Waals surface area contributed by atoms with Crippen LogP contribution in [0.1, 0.15) is 37.5 Å². The molecule has 3 heterocycles. The average molecular weight is 364 g/mol. The van der Waals surface area contributed by atoms with Gasteiger partial charge in [0, 0.05) is 53.3 Å². The van der Waals surface area contributed by atoms with Crippen LogP contribution in [0.4, 0.5) is 0 Å². The molecular weight excluding hydrogens is 332 g/mol. The highest BCUT2D eigenvalue weighted by Crippen LogP contribution is 2.25. The van der Waals surface area contributed by atoms with Gasteiger partial charge in [0.15, 0.2) is 5.96 Å². The minimum Gasteiger partial charge on any atom is -0.468 e. The van der Waals surface area contributed by atoms with Crippen molar-refractivity contribution < 1.29 is 13.9 Å². The van der Waals surface area contributed by atoms with Gasteiger partial charge in [0.05, 0.1) is 17.9 Å². The molecule has 26 heavy (non-hydrogen) atoms. The summed E-state index contributed by atoms with van der Waals surface area (Å²) in [6.07, 6.45) is 6.05. The molecule has 1 atom stereocenters. The Kier molecular flexibility index (Phi) is 6.93. The SMILES string of the molecule is CN=C(NCC(c1ccco1)N1CCCC1)NCC1(OC)CCOCC1. The van der Waals surface area contributed by atoms with Crippen LogP contribution in [0.15, 0.2) is 27.8 Å². The average Bonchev–Trinajstić information content (AvgIpc) is 3.40. The van der Waals surface area contributed by atoms with Crippen LogP contribution in [-0.2, 0) is 9.47 Å². The molecule has 0 aromatic carbocycles. The Bertz CT molecular complexity index is 549. The fourth-order valence-corrected chi connectivity index (χ4v) is 3.80. The van der Waals surface area contributed by atoms with Crippen LogP contribution in [0.2, 0.25) is 0 Å². The third-order valence-electron chi connectivity index (χ3n) is 5.55. The van der Waals surface area contributed by atoms with Gasteiger partial charge in [-0.25, -0.2) is 0 Å². The van der Waals surface area contributed by atoms with Crippen molar-refractivity contribution in [2.45, 2.75) is 37.3 Å². The van der Waals surface area contributed by atoms with Gasteiger partial charge in [0.2, 0.25) is 0 Å². The molecule has 2 fully saturated rings. The van der Waals surface area contributed by atoms with E-state index in [0.29, 0.717) is 0 Å². The lowest BCUT2D eigenvalue weighted by molar-refractivity contribution is -0.0855. The van der Waals surface area contributed by atoms with Crippen LogP contribution < -0.4 is 10.6 Å². The Hall–Kier alpha value is -1.57. The van der Waals surface area contributed by atoms with Crippen molar-refractivity contribution in [3.63, 3.8) is 0 Å². The largest absolute Gasteiger partial charge is 0.468 e. The predicted octanol–water partition coefficient (Wildman–Crippen LogP) is 1.78. The monoisotopic (exact) mass is 364 g/mol. The maximum absolute atomic E-state index is 5.79. The minimum atomic E-state index is -0.175. The standard InChI is InChI=1S/C19H32N4O3/c1-20-18(22-15-19(24-2)7-12-25-13-8-19)21-14-16(17-6-5-11-26-17)23-9-3-4-10-23/h5-6,11,16H,3-4,7-10,12-15H2,1-2H3,(H2,20,21,22). The highest BCUT2D eigenvalue weighted by molar-refractivity contribution is 5.79. The lowest BCUT2D eigenvalue weighted by Gasteiger charge is -2.36. The molecule has 0 saturated carbocycles. The van der Waals surface area contributed by atoms with E-state index in [1.807, 2.05) is 6.07 Å². The number of aliphatic imine (C=N–C) groups is 1. The summed E-state index contributed by atoms with van der Waals surface area (Å²) in [4.78, 5) is 6.86. The van der Waals surface area contributed by atoms with Crippen LogP contribution in [0, 0.1) is 0 Å². The number of ether oxygens (including phenoxy) is 2. The third kappa shape index (κ3) is 4.78. The molecule has 0 spiro atoms. The maximum Gasteiger partial charge on any atom is 0.191 e. The van der Waals surface area contributed by atoms with Gasteiger partial charge in [-0.3, -0.25) is 9.89 Å². The van der Waals surface area contributed by atoms with Crippen LogP contribution >= 0.6 is 0 Å². The molecule has 0 amide bonds. The maximum atomic E-state index is 5.79. The van der Waals surface area contributed by atoms with Crippen LogP contribution in [-0.4, -0.2) is 70.0 Å². The smallest absolute Gasteiger partial charge is 0.191 e. The number of nitrogens with one attached hydrogen (secondary N) is 2. The Balaban J connectivity index is 1.55. The molecule has 1 unspecified atom stereocenters. The van der Waals surface area contributed by atoms with Gasteiger partial charge < -0.3 is 24.5 Å². The van der Waals surface area contributed by atoms with E-state index in [1.54, 1.807) is 20.4 Å². The Morgan fingerprint density at radius 3 is 2.69 bits per heavy atom. The van der Waals surface area contributed by atoms with Crippen LogP contribution in [0.5, 0.6) is 0 Å². The summed E-state index contributed by atoms with van der Waals surface area (Å²) in [5, 5.41) is 6.90. The summed E-state index contributed by atoms with van der Waals surface area (Å²) in [6, 6.07) is 4.24. The van der Waals surface area contributed by atoms with Crippen molar-refractivity contribution in [2.24, 2.45) is 4.99 Å². The van der Waals surface area contributed by atoms with Gasteiger partial charge in [-0.05, 0) is 38.1 Å². The van der Waals surface area contributed by atoms with E-state index in [0.717, 1.165) is 64.0 Å². The Labute approximate surface area is 156 Å². The van der Waals surface area contributed by atoms with Crippen molar-refractivity contribution in [3.8, 4) is 0 Å². The van der Waals surface area contributed by atoms with E-state index >= 15 is 0 Å². The van der Waals surface area contributed by atoms with Crippen molar-refractivity contribution in [2.75, 3.05) is 53.6 Å². The summed E-state index contributed by atoms with van der Waals surface area (Å²) < 4.78 is 16.9. The Morgan fingerprint density at radius 1 is 1.31 bits per heavy atom. The number of rotatable bonds is 7. The van der Waals surface area contributed by atoms with E-state index in [9.17, 15) is 0 Å². The van der Waals surface area contributed by atoms with Crippen molar-refractivity contribution in [3.05, 3.63) is 24.2 Å². The zero-order valence-electron chi connectivity index (χ0n) is 16.0. The van der Waals surface area contributed by atoms with Gasteiger partial charge in [0.25, 0.3) is 0 Å². The number of hydrogen-bond acceptors (Lipinski definition) is 5. The van der Waals surface area contributed by atoms with E-state index < -0.39 is 0 Å². The van der Waals surface area contributed by atoms with Gasteiger partial charge >= 0.3 is 0 Å². The molecule has 7 heteroatoms. The molecule has 2 saturated heterocycles. The summed E-state index contributed by atoms with van der Waals surface area (Å²) in [5.74, 6) is 1.80. The molecule has 0 aliphatic carbocycles. The third-order valence-corrected chi connectivity index (χ3v) is 5.55. The van der Waals surface area contributed by atoms with Gasteiger partial charge in [-0.15, -0.1) is 0 Å². The second kappa shape index (κ2) is 9.39. The molecular formula is C19H32N4O3. The first-order valence-corrected chi connectivity index (χ1v) is 9.61. The molecule has 146 valence electrons. The lowest BCUT2D eigenvalue weighted by Crippen LogP contribution is -2.51. The number of methoxy groups -OCH3 is 1. The zero-order valence-corrected chi connectivity index (χ0v) is 16.0. The van der Waals surface area contributed by atoms with E-state index in [-0.39, 0.29) is 11.6 Å². The topological polar surface area (TPSA) is 71.3 Å². The quantitative estimate of drug-likeness (QED) is 0.568. The van der Waals surface area contributed by atoms with Crippen LogP contribution in [0.25, 0.3) is 0 Å². The molecule has 1 aromatic rings. The van der Waals surface area contributed by atoms with Crippen molar-refractivity contribution >= 4 is 5.96 Å². The van der Waals surface area contributed by atoms with E-state index in [1.165, 1.54) is 12.8 Å². The summed E-state index contributed by atoms with van der Waals surface area (Å²) >= 11 is 0. The van der Waals surface area contributed by atoms with Crippen LogP contribution in [0.3, 0.4) is 0 Å². The van der Waals surface area contributed by atoms with Crippen molar-refractivity contribution in [1.29, 1.82) is 0 Å². The summed E-state index contributed by atoms with van der Waals surface area (Å²) in [5.41, 5.74) is -0.175. The summed E-state index contributed by atoms with van der Waals surface area (Å²) in [6.45, 7) is 5.21. The highest BCUT2D eigenvalue weighted by Gasteiger charge is 2.33. The normalized spacial score (nSPS) is 22.3. The van der Waals surface area contributed by atoms with E-state index in [4.69, 9.17) is 13.9 Å². The number of guanidine groups is 1. The molecule has 2 aliphatic rings. The van der Waals surface area contributed by atoms with Gasteiger partial charge in [0.1, 0.15) is 5.76 Å². The molecule has 2 aliphatic heterocycles. The summed E-state index contributed by atoms with van der Waals surface area (Å²) in [7, 11) is 3.58. The molecule has 1 aromatic heterocycles. The fraction of sp³-hybridized carbons (Fsp3) is 0.737. The number of furan rings is 1. The highest BCUT2D eigenvalue weighted by atomic mass is 16.5. The fourth-order valence-electron chi connectivity index (χ4n) is 3.80. The molecule has 3 rings (SSSR count). The van der Waals surface area contributed by atoms with Crippen molar-refractivity contribution in [1.82, 2.24) is 15.5 Å². The number of likely N-dealkylation sites (tertiary alicyclic amines) is 1.